The van der Waals surface area contributed by atoms with Gasteiger partial charge in [-0.2, -0.15) is 5.10 Å². The van der Waals surface area contributed by atoms with Crippen molar-refractivity contribution < 1.29 is 12.8 Å². The van der Waals surface area contributed by atoms with Crippen molar-refractivity contribution in [3.63, 3.8) is 0 Å². The van der Waals surface area contributed by atoms with Crippen LogP contribution in [0.4, 0.5) is 4.39 Å². The van der Waals surface area contributed by atoms with E-state index in [9.17, 15) is 12.8 Å². The molecule has 0 amide bonds. The summed E-state index contributed by atoms with van der Waals surface area (Å²) in [5.41, 5.74) is 0.778. The molecule has 0 unspecified atom stereocenters. The number of benzene rings is 1. The molecule has 0 aliphatic carbocycles. The van der Waals surface area contributed by atoms with Gasteiger partial charge in [-0.3, -0.25) is 4.90 Å². The van der Waals surface area contributed by atoms with Crippen molar-refractivity contribution >= 4 is 22.1 Å². The minimum Gasteiger partial charge on any atom is -0.303 e. The molecule has 3 rings (SSSR count). The van der Waals surface area contributed by atoms with E-state index in [4.69, 9.17) is 12.2 Å². The van der Waals surface area contributed by atoms with Gasteiger partial charge in [0.1, 0.15) is 5.82 Å². The van der Waals surface area contributed by atoms with Gasteiger partial charge in [0, 0.05) is 18.7 Å². The largest absolute Gasteiger partial charge is 0.303 e. The summed E-state index contributed by atoms with van der Waals surface area (Å²) in [6, 6.07) is 6.10. The molecule has 0 bridgehead atoms. The van der Waals surface area contributed by atoms with Crippen LogP contribution in [0.15, 0.2) is 24.3 Å². The minimum absolute atomic E-state index is 0.00632. The predicted octanol–water partition coefficient (Wildman–Crippen LogP) is 2.22. The molecule has 2 aromatic rings. The third-order valence-electron chi connectivity index (χ3n) is 4.59. The smallest absolute Gasteiger partial charge is 0.199 e. The molecule has 1 saturated heterocycles. The molecule has 0 spiro atoms. The number of rotatable bonds is 5. The Bertz CT molecular complexity index is 919. The molecular weight excluding hydrogens is 363 g/mol. The number of aromatic nitrogens is 3. The zero-order valence-corrected chi connectivity index (χ0v) is 15.9. The molecular formula is C16H21FN4O2S2. The monoisotopic (exact) mass is 384 g/mol. The molecule has 1 aromatic heterocycles. The zero-order valence-electron chi connectivity index (χ0n) is 14.2. The number of hydrogen-bond acceptors (Lipinski definition) is 5. The van der Waals surface area contributed by atoms with E-state index in [1.54, 1.807) is 21.4 Å². The van der Waals surface area contributed by atoms with Crippen molar-refractivity contribution in [2.45, 2.75) is 26.1 Å². The van der Waals surface area contributed by atoms with Gasteiger partial charge >= 0.3 is 0 Å². The molecule has 0 radical (unpaired) electrons. The SMILES string of the molecule is CCN(Cn1nc(-c2ccc(F)cc2)n(C)c1=S)[C@@H]1CCS(=O)(=O)C1. The van der Waals surface area contributed by atoms with Crippen LogP contribution in [0.2, 0.25) is 0 Å². The highest BCUT2D eigenvalue weighted by Crippen LogP contribution is 2.21. The second-order valence-electron chi connectivity index (χ2n) is 6.27. The Morgan fingerprint density at radius 3 is 2.60 bits per heavy atom. The van der Waals surface area contributed by atoms with Crippen molar-refractivity contribution in [3.05, 3.63) is 34.9 Å². The Morgan fingerprint density at radius 1 is 1.36 bits per heavy atom. The van der Waals surface area contributed by atoms with Crippen LogP contribution in [0.1, 0.15) is 13.3 Å². The summed E-state index contributed by atoms with van der Waals surface area (Å²) in [4.78, 5) is 2.09. The van der Waals surface area contributed by atoms with Crippen LogP contribution in [-0.2, 0) is 23.6 Å². The highest BCUT2D eigenvalue weighted by molar-refractivity contribution is 7.91. The van der Waals surface area contributed by atoms with Crippen molar-refractivity contribution in [2.24, 2.45) is 7.05 Å². The van der Waals surface area contributed by atoms with Crippen molar-refractivity contribution in [1.29, 1.82) is 0 Å². The molecule has 25 heavy (non-hydrogen) atoms. The molecule has 1 atom stereocenters. The Labute approximate surface area is 151 Å². The fourth-order valence-corrected chi connectivity index (χ4v) is 5.09. The maximum absolute atomic E-state index is 13.1. The second-order valence-corrected chi connectivity index (χ2v) is 8.87. The van der Waals surface area contributed by atoms with Gasteiger partial charge in [-0.25, -0.2) is 17.5 Å². The summed E-state index contributed by atoms with van der Waals surface area (Å²) >= 11 is 5.47. The Balaban J connectivity index is 1.86. The van der Waals surface area contributed by atoms with E-state index in [0.717, 1.165) is 5.56 Å². The van der Waals surface area contributed by atoms with Gasteiger partial charge in [-0.1, -0.05) is 6.92 Å². The van der Waals surface area contributed by atoms with Gasteiger partial charge in [0.25, 0.3) is 0 Å². The first-order valence-electron chi connectivity index (χ1n) is 8.15. The molecule has 6 nitrogen and oxygen atoms in total. The average Bonchev–Trinajstić information content (AvgIpc) is 3.07. The van der Waals surface area contributed by atoms with Crippen LogP contribution in [0, 0.1) is 10.6 Å². The second kappa shape index (κ2) is 6.97. The lowest BCUT2D eigenvalue weighted by Gasteiger charge is -2.25. The fraction of sp³-hybridized carbons (Fsp3) is 0.500. The molecule has 1 aliphatic rings. The van der Waals surface area contributed by atoms with Gasteiger partial charge in [0.15, 0.2) is 20.4 Å². The summed E-state index contributed by atoms with van der Waals surface area (Å²) in [7, 11) is -1.12. The van der Waals surface area contributed by atoms with Gasteiger partial charge in [0.05, 0.1) is 18.2 Å². The van der Waals surface area contributed by atoms with Crippen molar-refractivity contribution in [3.8, 4) is 11.4 Å². The standard InChI is InChI=1S/C16H21FN4O2S2/c1-3-20(14-8-9-25(22,23)10-14)11-21-16(24)19(2)15(18-21)12-4-6-13(17)7-5-12/h4-7,14H,3,8-11H2,1-2H3/t14-/m1/s1. The molecule has 136 valence electrons. The predicted molar refractivity (Wildman–Crippen MR) is 96.9 cm³/mol. The maximum Gasteiger partial charge on any atom is 0.199 e. The number of sulfone groups is 1. The normalized spacial score (nSPS) is 19.6. The first-order valence-corrected chi connectivity index (χ1v) is 10.4. The zero-order chi connectivity index (χ0) is 18.2. The summed E-state index contributed by atoms with van der Waals surface area (Å²) in [6.45, 7) is 3.15. The topological polar surface area (TPSA) is 60.1 Å². The van der Waals surface area contributed by atoms with Crippen LogP contribution in [0.25, 0.3) is 11.4 Å². The molecule has 0 saturated carbocycles. The fourth-order valence-electron chi connectivity index (χ4n) is 3.14. The number of halogens is 1. The highest BCUT2D eigenvalue weighted by atomic mass is 32.2. The van der Waals surface area contributed by atoms with Crippen LogP contribution < -0.4 is 0 Å². The van der Waals surface area contributed by atoms with Gasteiger partial charge in [0.2, 0.25) is 0 Å². The lowest BCUT2D eigenvalue weighted by molar-refractivity contribution is 0.164. The lowest BCUT2D eigenvalue weighted by atomic mass is 10.2. The summed E-state index contributed by atoms with van der Waals surface area (Å²) in [5, 5.41) is 4.57. The van der Waals surface area contributed by atoms with Crippen molar-refractivity contribution in [2.75, 3.05) is 18.1 Å². The number of nitrogens with zero attached hydrogens (tertiary/aromatic N) is 4. The maximum atomic E-state index is 13.1. The average molecular weight is 385 g/mol. The van der Waals surface area contributed by atoms with E-state index in [1.165, 1.54) is 12.1 Å². The van der Waals surface area contributed by atoms with E-state index in [1.807, 2.05) is 14.0 Å². The number of hydrogen-bond donors (Lipinski definition) is 0. The lowest BCUT2D eigenvalue weighted by Crippen LogP contribution is -2.37. The van der Waals surface area contributed by atoms with Crippen LogP contribution in [-0.4, -0.2) is 51.8 Å². The van der Waals surface area contributed by atoms with E-state index in [2.05, 4.69) is 10.00 Å². The van der Waals surface area contributed by atoms with Crippen LogP contribution >= 0.6 is 12.2 Å². The molecule has 0 N–H and O–H groups in total. The Kier molecular flexibility index (Phi) is 5.08. The van der Waals surface area contributed by atoms with E-state index >= 15 is 0 Å². The first-order chi connectivity index (χ1) is 11.8. The van der Waals surface area contributed by atoms with Gasteiger partial charge < -0.3 is 4.57 Å². The van der Waals surface area contributed by atoms with Crippen molar-refractivity contribution in [1.82, 2.24) is 19.2 Å². The minimum atomic E-state index is -2.94. The van der Waals surface area contributed by atoms with Gasteiger partial charge in [-0.05, 0) is 49.4 Å². The Morgan fingerprint density at radius 2 is 2.04 bits per heavy atom. The summed E-state index contributed by atoms with van der Waals surface area (Å²) < 4.78 is 40.6. The van der Waals surface area contributed by atoms with E-state index in [0.29, 0.717) is 30.2 Å². The quantitative estimate of drug-likeness (QED) is 0.740. The third kappa shape index (κ3) is 3.83. The summed E-state index contributed by atoms with van der Waals surface area (Å²) in [5.74, 6) is 0.776. The molecule has 1 fully saturated rings. The first kappa shape index (κ1) is 18.2. The third-order valence-corrected chi connectivity index (χ3v) is 6.82. The molecule has 1 aromatic carbocycles. The van der Waals surface area contributed by atoms with E-state index < -0.39 is 9.84 Å². The molecule has 2 heterocycles. The van der Waals surface area contributed by atoms with Gasteiger partial charge in [-0.15, -0.1) is 0 Å². The Hall–Kier alpha value is -1.58. The molecule has 1 aliphatic heterocycles. The van der Waals surface area contributed by atoms with E-state index in [-0.39, 0.29) is 23.4 Å². The summed E-state index contributed by atoms with van der Waals surface area (Å²) in [6.07, 6.45) is 0.640. The highest BCUT2D eigenvalue weighted by Gasteiger charge is 2.32. The van der Waals surface area contributed by atoms with Crippen LogP contribution in [0.3, 0.4) is 0 Å². The van der Waals surface area contributed by atoms with Crippen LogP contribution in [0.5, 0.6) is 0 Å². The molecule has 9 heteroatoms.